The van der Waals surface area contributed by atoms with E-state index in [0.717, 1.165) is 33.6 Å². The van der Waals surface area contributed by atoms with Gasteiger partial charge in [0.15, 0.2) is 0 Å². The minimum Gasteiger partial charge on any atom is -0.497 e. The largest absolute Gasteiger partial charge is 0.497 e. The van der Waals surface area contributed by atoms with Crippen molar-refractivity contribution >= 4 is 35.4 Å². The highest BCUT2D eigenvalue weighted by atomic mass is 16.6. The molecule has 4 aromatic rings. The number of carbonyl (C=O) groups excluding carboxylic acids is 4. The highest BCUT2D eigenvalue weighted by molar-refractivity contribution is 5.92. The number of nitrogens with zero attached hydrogens (tertiary/aromatic N) is 6. The van der Waals surface area contributed by atoms with Crippen LogP contribution in [0.1, 0.15) is 22.3 Å². The first kappa shape index (κ1) is 42.7. The second-order valence-corrected chi connectivity index (χ2v) is 14.4. The van der Waals surface area contributed by atoms with Gasteiger partial charge in [0.2, 0.25) is 11.8 Å². The van der Waals surface area contributed by atoms with Crippen LogP contribution in [-0.2, 0) is 45.2 Å². The zero-order chi connectivity index (χ0) is 41.6. The van der Waals surface area contributed by atoms with Crippen molar-refractivity contribution in [2.75, 3.05) is 91.6 Å². The first-order chi connectivity index (χ1) is 27.9. The Balaban J connectivity index is 1.12. The van der Waals surface area contributed by atoms with E-state index < -0.39 is 12.2 Å². The van der Waals surface area contributed by atoms with Gasteiger partial charge in [0.25, 0.3) is 0 Å². The fraction of sp³-hybridized carbons (Fsp3) is 0.364. The number of anilines is 2. The van der Waals surface area contributed by atoms with Crippen molar-refractivity contribution in [3.63, 3.8) is 0 Å². The van der Waals surface area contributed by atoms with Crippen LogP contribution >= 0.6 is 0 Å². The molecule has 1 saturated heterocycles. The van der Waals surface area contributed by atoms with Gasteiger partial charge in [-0.2, -0.15) is 0 Å². The van der Waals surface area contributed by atoms with Gasteiger partial charge in [-0.1, -0.05) is 48.5 Å². The number of rotatable bonds is 18. The van der Waals surface area contributed by atoms with Crippen LogP contribution in [-0.4, -0.2) is 125 Å². The fourth-order valence-electron chi connectivity index (χ4n) is 6.29. The lowest BCUT2D eigenvalue weighted by molar-refractivity contribution is -0.150. The summed E-state index contributed by atoms with van der Waals surface area (Å²) in [5.41, 5.74) is 5.73. The lowest BCUT2D eigenvalue weighted by Gasteiger charge is -2.34. The van der Waals surface area contributed by atoms with E-state index in [9.17, 15) is 19.2 Å². The Morgan fingerprint density at radius 1 is 0.500 bits per heavy atom. The summed E-state index contributed by atoms with van der Waals surface area (Å²) >= 11 is 0. The molecule has 4 amide bonds. The van der Waals surface area contributed by atoms with E-state index in [1.54, 1.807) is 24.0 Å². The maximum absolute atomic E-state index is 13.4. The van der Waals surface area contributed by atoms with E-state index in [2.05, 4.69) is 0 Å². The molecule has 0 aromatic heterocycles. The van der Waals surface area contributed by atoms with Gasteiger partial charge in [0, 0.05) is 65.7 Å². The molecule has 0 radical (unpaired) electrons. The molecule has 4 aromatic carbocycles. The molecule has 58 heavy (non-hydrogen) atoms. The third-order valence-corrected chi connectivity index (χ3v) is 9.76. The standard InChI is InChI=1S/C44H54N6O8/c1-45(2)37-15-7-33(8-16-37)27-49(29-35-11-19-39(55-5)20-12-35)43(53)57-25-23-47-31-42(52)48(32-41(47)51)24-26-58-44(54)50(30-36-13-21-40(56-6)22-14-36)28-34-9-17-38(18-10-34)46(3)4/h7-22H,23-32H2,1-6H3. The summed E-state index contributed by atoms with van der Waals surface area (Å²) in [7, 11) is 11.1. The molecule has 0 spiro atoms. The molecule has 0 unspecified atom stereocenters. The van der Waals surface area contributed by atoms with Crippen LogP contribution in [0.4, 0.5) is 21.0 Å². The van der Waals surface area contributed by atoms with Crippen molar-refractivity contribution in [3.8, 4) is 11.5 Å². The number of methoxy groups -OCH3 is 2. The normalized spacial score (nSPS) is 12.5. The Morgan fingerprint density at radius 3 is 1.07 bits per heavy atom. The zero-order valence-electron chi connectivity index (χ0n) is 34.3. The molecule has 308 valence electrons. The summed E-state index contributed by atoms with van der Waals surface area (Å²) in [6, 6.07) is 30.8. The van der Waals surface area contributed by atoms with E-state index in [0.29, 0.717) is 37.7 Å². The lowest BCUT2D eigenvalue weighted by atomic mass is 10.1. The van der Waals surface area contributed by atoms with Gasteiger partial charge >= 0.3 is 12.2 Å². The highest BCUT2D eigenvalue weighted by Gasteiger charge is 2.30. The first-order valence-corrected chi connectivity index (χ1v) is 19.1. The zero-order valence-corrected chi connectivity index (χ0v) is 34.3. The summed E-state index contributed by atoms with van der Waals surface area (Å²) in [6.45, 7) is 0.794. The average Bonchev–Trinajstić information content (AvgIpc) is 3.22. The molecule has 0 atom stereocenters. The number of carbonyl (C=O) groups is 4. The Morgan fingerprint density at radius 2 is 0.793 bits per heavy atom. The second-order valence-electron chi connectivity index (χ2n) is 14.4. The van der Waals surface area contributed by atoms with Crippen LogP contribution in [0.5, 0.6) is 11.5 Å². The van der Waals surface area contributed by atoms with Gasteiger partial charge < -0.3 is 38.5 Å². The molecule has 0 bridgehead atoms. The number of amides is 4. The molecule has 1 aliphatic rings. The van der Waals surface area contributed by atoms with Gasteiger partial charge in [-0.05, 0) is 70.8 Å². The molecule has 1 aliphatic heterocycles. The molecular weight excluding hydrogens is 741 g/mol. The predicted molar refractivity (Wildman–Crippen MR) is 222 cm³/mol. The third kappa shape index (κ3) is 12.3. The van der Waals surface area contributed by atoms with Gasteiger partial charge in [-0.25, -0.2) is 9.59 Å². The van der Waals surface area contributed by atoms with Gasteiger partial charge in [-0.3, -0.25) is 19.4 Å². The van der Waals surface area contributed by atoms with E-state index in [1.165, 1.54) is 9.80 Å². The molecule has 1 fully saturated rings. The van der Waals surface area contributed by atoms with Crippen LogP contribution in [0.15, 0.2) is 97.1 Å². The van der Waals surface area contributed by atoms with Crippen LogP contribution in [0.25, 0.3) is 0 Å². The highest BCUT2D eigenvalue weighted by Crippen LogP contribution is 2.20. The Bertz CT molecular complexity index is 1810. The predicted octanol–water partition coefficient (Wildman–Crippen LogP) is 5.48. The van der Waals surface area contributed by atoms with Crippen molar-refractivity contribution in [3.05, 3.63) is 119 Å². The molecule has 1 heterocycles. The van der Waals surface area contributed by atoms with Crippen molar-refractivity contribution in [1.29, 1.82) is 0 Å². The van der Waals surface area contributed by atoms with Crippen LogP contribution in [0, 0.1) is 0 Å². The number of benzene rings is 4. The SMILES string of the molecule is COc1ccc(CN(Cc2ccc(N(C)C)cc2)C(=O)OCCN2CC(=O)N(CCOC(=O)N(Cc3ccc(OC)cc3)Cc3ccc(N(C)C)cc3)CC2=O)cc1. The topological polar surface area (TPSA) is 125 Å². The maximum atomic E-state index is 13.4. The van der Waals surface area contributed by atoms with Gasteiger partial charge in [-0.15, -0.1) is 0 Å². The minimum atomic E-state index is -0.543. The van der Waals surface area contributed by atoms with Crippen LogP contribution in [0.3, 0.4) is 0 Å². The summed E-state index contributed by atoms with van der Waals surface area (Å²) in [5.74, 6) is 0.839. The van der Waals surface area contributed by atoms with Gasteiger partial charge in [0.1, 0.15) is 24.7 Å². The Hall–Kier alpha value is -6.44. The summed E-state index contributed by atoms with van der Waals surface area (Å²) in [4.78, 5) is 63.1. The smallest absolute Gasteiger partial charge is 0.410 e. The van der Waals surface area contributed by atoms with Crippen molar-refractivity contribution in [2.24, 2.45) is 0 Å². The summed E-state index contributed by atoms with van der Waals surface area (Å²) in [5, 5.41) is 0. The summed E-state index contributed by atoms with van der Waals surface area (Å²) in [6.07, 6.45) is -1.09. The first-order valence-electron chi connectivity index (χ1n) is 19.1. The Kier molecular flexibility index (Phi) is 15.2. The number of hydrogen-bond donors (Lipinski definition) is 0. The molecule has 0 saturated carbocycles. The molecule has 0 N–H and O–H groups in total. The molecule has 0 aliphatic carbocycles. The van der Waals surface area contributed by atoms with Crippen LogP contribution in [0.2, 0.25) is 0 Å². The quantitative estimate of drug-likeness (QED) is 0.128. The van der Waals surface area contributed by atoms with Crippen molar-refractivity contribution < 1.29 is 38.1 Å². The van der Waals surface area contributed by atoms with E-state index in [-0.39, 0.29) is 51.2 Å². The monoisotopic (exact) mass is 794 g/mol. The lowest BCUT2D eigenvalue weighted by Crippen LogP contribution is -2.55. The van der Waals surface area contributed by atoms with E-state index in [4.69, 9.17) is 18.9 Å². The molecule has 14 nitrogen and oxygen atoms in total. The molecule has 5 rings (SSSR count). The third-order valence-electron chi connectivity index (χ3n) is 9.76. The Labute approximate surface area is 341 Å². The van der Waals surface area contributed by atoms with Crippen molar-refractivity contribution in [1.82, 2.24) is 19.6 Å². The molecule has 14 heteroatoms. The maximum Gasteiger partial charge on any atom is 0.410 e. The average molecular weight is 795 g/mol. The fourth-order valence-corrected chi connectivity index (χ4v) is 6.29. The van der Waals surface area contributed by atoms with E-state index in [1.807, 2.05) is 135 Å². The van der Waals surface area contributed by atoms with Crippen molar-refractivity contribution in [2.45, 2.75) is 26.2 Å². The molecular formula is C44H54N6O8. The number of piperazine rings is 1. The summed E-state index contributed by atoms with van der Waals surface area (Å²) < 4.78 is 21.9. The van der Waals surface area contributed by atoms with Crippen LogP contribution < -0.4 is 19.3 Å². The number of ether oxygens (including phenoxy) is 4. The number of hydrogen-bond acceptors (Lipinski definition) is 10. The minimum absolute atomic E-state index is 0.0584. The van der Waals surface area contributed by atoms with Gasteiger partial charge in [0.05, 0.1) is 40.4 Å². The van der Waals surface area contributed by atoms with E-state index >= 15 is 0 Å². The second kappa shape index (κ2) is 20.6.